The van der Waals surface area contributed by atoms with Crippen molar-refractivity contribution in [2.45, 2.75) is 13.3 Å². The molecule has 2 aromatic rings. The molecule has 0 aromatic heterocycles. The lowest BCUT2D eigenvalue weighted by Gasteiger charge is -2.16. The molecule has 0 radical (unpaired) electrons. The summed E-state index contributed by atoms with van der Waals surface area (Å²) in [6.07, 6.45) is 0.0652. The van der Waals surface area contributed by atoms with Crippen LogP contribution in [0.3, 0.4) is 0 Å². The van der Waals surface area contributed by atoms with Gasteiger partial charge in [-0.05, 0) is 25.1 Å². The number of ether oxygens (including phenoxy) is 3. The number of amides is 1. The fourth-order valence-corrected chi connectivity index (χ4v) is 2.57. The van der Waals surface area contributed by atoms with Gasteiger partial charge >= 0.3 is 0 Å². The molecule has 0 aliphatic carbocycles. The minimum atomic E-state index is -0.265. The van der Waals surface area contributed by atoms with Crippen LogP contribution < -0.4 is 19.5 Å². The van der Waals surface area contributed by atoms with Crippen molar-refractivity contribution in [3.05, 3.63) is 47.5 Å². The van der Waals surface area contributed by atoms with Gasteiger partial charge in [-0.2, -0.15) is 0 Å². The van der Waals surface area contributed by atoms with E-state index in [1.54, 1.807) is 36.4 Å². The van der Waals surface area contributed by atoms with Crippen LogP contribution in [0.5, 0.6) is 17.2 Å². The van der Waals surface area contributed by atoms with Gasteiger partial charge in [-0.15, -0.1) is 0 Å². The Kier molecular flexibility index (Phi) is 6.00. The minimum Gasteiger partial charge on any atom is -0.493 e. The molecule has 1 N–H and O–H groups in total. The Morgan fingerprint density at radius 2 is 1.60 bits per heavy atom. The molecule has 132 valence electrons. The quantitative estimate of drug-likeness (QED) is 0.782. The number of hydrogen-bond acceptors (Lipinski definition) is 5. The van der Waals surface area contributed by atoms with Crippen LogP contribution in [0.1, 0.15) is 22.8 Å². The third-order valence-electron chi connectivity index (χ3n) is 3.72. The predicted octanol–water partition coefficient (Wildman–Crippen LogP) is 3.10. The molecule has 0 atom stereocenters. The van der Waals surface area contributed by atoms with Crippen LogP contribution in [-0.4, -0.2) is 33.0 Å². The number of rotatable bonds is 7. The summed E-state index contributed by atoms with van der Waals surface area (Å²) >= 11 is 0. The molecule has 2 aromatic carbocycles. The number of para-hydroxylation sites is 1. The van der Waals surface area contributed by atoms with E-state index in [0.717, 1.165) is 0 Å². The number of carbonyl (C=O) groups is 2. The number of hydrogen-bond donors (Lipinski definition) is 1. The van der Waals surface area contributed by atoms with E-state index in [1.807, 2.05) is 0 Å². The zero-order chi connectivity index (χ0) is 18.4. The highest BCUT2D eigenvalue weighted by atomic mass is 16.5. The van der Waals surface area contributed by atoms with Gasteiger partial charge in [0.15, 0.2) is 17.3 Å². The molecule has 0 fully saturated rings. The van der Waals surface area contributed by atoms with E-state index in [1.165, 1.54) is 28.3 Å². The fourth-order valence-electron chi connectivity index (χ4n) is 2.57. The molecular formula is C19H21NO5. The number of methoxy groups -OCH3 is 3. The third-order valence-corrected chi connectivity index (χ3v) is 3.72. The van der Waals surface area contributed by atoms with Gasteiger partial charge in [0.2, 0.25) is 11.7 Å². The number of benzene rings is 2. The summed E-state index contributed by atoms with van der Waals surface area (Å²) in [6.45, 7) is 1.46. The Bertz CT molecular complexity index is 785. The molecule has 2 rings (SSSR count). The van der Waals surface area contributed by atoms with Crippen LogP contribution in [-0.2, 0) is 11.2 Å². The molecule has 6 nitrogen and oxygen atoms in total. The van der Waals surface area contributed by atoms with Crippen molar-refractivity contribution >= 4 is 17.4 Å². The van der Waals surface area contributed by atoms with E-state index in [4.69, 9.17) is 14.2 Å². The van der Waals surface area contributed by atoms with Crippen molar-refractivity contribution in [3.63, 3.8) is 0 Å². The molecule has 0 spiro atoms. The third kappa shape index (κ3) is 4.09. The first-order valence-electron chi connectivity index (χ1n) is 7.69. The lowest BCUT2D eigenvalue weighted by Crippen LogP contribution is -2.17. The molecule has 0 heterocycles. The second kappa shape index (κ2) is 8.19. The van der Waals surface area contributed by atoms with Crippen molar-refractivity contribution in [2.24, 2.45) is 0 Å². The monoisotopic (exact) mass is 343 g/mol. The number of carbonyl (C=O) groups excluding carboxylic acids is 2. The SMILES string of the molecule is COc1ccc(CC(=O)Nc2ccccc2C(C)=O)c(OC)c1OC. The van der Waals surface area contributed by atoms with Gasteiger partial charge in [-0.25, -0.2) is 0 Å². The highest BCUT2D eigenvalue weighted by molar-refractivity contribution is 6.04. The first-order chi connectivity index (χ1) is 12.0. The maximum Gasteiger partial charge on any atom is 0.228 e. The Morgan fingerprint density at radius 3 is 2.20 bits per heavy atom. The van der Waals surface area contributed by atoms with Gasteiger partial charge in [0.05, 0.1) is 33.4 Å². The standard InChI is InChI=1S/C19H21NO5/c1-12(21)14-7-5-6-8-15(14)20-17(22)11-13-9-10-16(23-2)19(25-4)18(13)24-3/h5-10H,11H2,1-4H3,(H,20,22). The summed E-state index contributed by atoms with van der Waals surface area (Å²) in [5, 5.41) is 2.77. The Hall–Kier alpha value is -3.02. The molecule has 0 saturated carbocycles. The van der Waals surface area contributed by atoms with E-state index in [2.05, 4.69) is 5.32 Å². The average Bonchev–Trinajstić information content (AvgIpc) is 2.61. The van der Waals surface area contributed by atoms with Crippen LogP contribution in [0.4, 0.5) is 5.69 Å². The van der Waals surface area contributed by atoms with E-state index in [-0.39, 0.29) is 18.1 Å². The van der Waals surface area contributed by atoms with Crippen LogP contribution in [0.15, 0.2) is 36.4 Å². The highest BCUT2D eigenvalue weighted by Gasteiger charge is 2.18. The predicted molar refractivity (Wildman–Crippen MR) is 94.9 cm³/mol. The molecular weight excluding hydrogens is 322 g/mol. The minimum absolute atomic E-state index is 0.0652. The van der Waals surface area contributed by atoms with Crippen LogP contribution in [0, 0.1) is 0 Å². The lowest BCUT2D eigenvalue weighted by atomic mass is 10.1. The molecule has 25 heavy (non-hydrogen) atoms. The number of nitrogens with one attached hydrogen (secondary N) is 1. The van der Waals surface area contributed by atoms with Crippen molar-refractivity contribution < 1.29 is 23.8 Å². The van der Waals surface area contributed by atoms with Gasteiger partial charge in [0.1, 0.15) is 0 Å². The zero-order valence-electron chi connectivity index (χ0n) is 14.7. The summed E-state index contributed by atoms with van der Waals surface area (Å²) in [6, 6.07) is 10.3. The summed E-state index contributed by atoms with van der Waals surface area (Å²) in [5.41, 5.74) is 1.60. The van der Waals surface area contributed by atoms with Crippen molar-refractivity contribution in [3.8, 4) is 17.2 Å². The average molecular weight is 343 g/mol. The van der Waals surface area contributed by atoms with Crippen LogP contribution in [0.25, 0.3) is 0 Å². The Balaban J connectivity index is 2.26. The van der Waals surface area contributed by atoms with Crippen molar-refractivity contribution in [1.29, 1.82) is 0 Å². The molecule has 0 bridgehead atoms. The molecule has 0 aliphatic heterocycles. The van der Waals surface area contributed by atoms with Gasteiger partial charge in [-0.3, -0.25) is 9.59 Å². The summed E-state index contributed by atoms with van der Waals surface area (Å²) in [7, 11) is 4.54. The molecule has 1 amide bonds. The van der Waals surface area contributed by atoms with Gasteiger partial charge in [-0.1, -0.05) is 18.2 Å². The van der Waals surface area contributed by atoms with Gasteiger partial charge in [0.25, 0.3) is 0 Å². The maximum absolute atomic E-state index is 12.4. The first-order valence-corrected chi connectivity index (χ1v) is 7.69. The van der Waals surface area contributed by atoms with Crippen LogP contribution in [0.2, 0.25) is 0 Å². The number of ketones is 1. The van der Waals surface area contributed by atoms with Gasteiger partial charge in [0, 0.05) is 11.1 Å². The maximum atomic E-state index is 12.4. The second-order valence-electron chi connectivity index (χ2n) is 5.32. The van der Waals surface area contributed by atoms with Crippen molar-refractivity contribution in [2.75, 3.05) is 26.6 Å². The number of anilines is 1. The van der Waals surface area contributed by atoms with Gasteiger partial charge < -0.3 is 19.5 Å². The number of Topliss-reactive ketones (excluding diaryl/α,β-unsaturated/α-hetero) is 1. The highest BCUT2D eigenvalue weighted by Crippen LogP contribution is 2.39. The summed E-state index contributed by atoms with van der Waals surface area (Å²) < 4.78 is 15.9. The smallest absolute Gasteiger partial charge is 0.228 e. The normalized spacial score (nSPS) is 10.1. The van der Waals surface area contributed by atoms with E-state index in [9.17, 15) is 9.59 Å². The first kappa shape index (κ1) is 18.3. The molecule has 0 unspecified atom stereocenters. The summed E-state index contributed by atoms with van der Waals surface area (Å²) in [4.78, 5) is 24.1. The molecule has 6 heteroatoms. The van der Waals surface area contributed by atoms with Crippen molar-refractivity contribution in [1.82, 2.24) is 0 Å². The zero-order valence-corrected chi connectivity index (χ0v) is 14.7. The fraction of sp³-hybridized carbons (Fsp3) is 0.263. The van der Waals surface area contributed by atoms with E-state index >= 15 is 0 Å². The second-order valence-corrected chi connectivity index (χ2v) is 5.32. The van der Waals surface area contributed by atoms with E-state index < -0.39 is 0 Å². The largest absolute Gasteiger partial charge is 0.493 e. The summed E-state index contributed by atoms with van der Waals surface area (Å²) in [5.74, 6) is 1.01. The Morgan fingerprint density at radius 1 is 0.920 bits per heavy atom. The van der Waals surface area contributed by atoms with E-state index in [0.29, 0.717) is 34.1 Å². The topological polar surface area (TPSA) is 73.9 Å². The molecule has 0 aliphatic rings. The Labute approximate surface area is 146 Å². The molecule has 0 saturated heterocycles. The van der Waals surface area contributed by atoms with Crippen LogP contribution >= 0.6 is 0 Å². The lowest BCUT2D eigenvalue weighted by molar-refractivity contribution is -0.115.